The normalized spacial score (nSPS) is 12.5. The number of aliphatic hydroxyl groups excluding tert-OH is 2. The first-order chi connectivity index (χ1) is 34.5. The number of rotatable bonds is 61. The third kappa shape index (κ3) is 56.2. The number of amides is 1. The van der Waals surface area contributed by atoms with Crippen LogP contribution in [0.1, 0.15) is 373 Å². The van der Waals surface area contributed by atoms with Crippen LogP contribution in [0.4, 0.5) is 0 Å². The van der Waals surface area contributed by atoms with Gasteiger partial charge in [-0.25, -0.2) is 0 Å². The lowest BCUT2D eigenvalue weighted by atomic mass is 10.0. The zero-order valence-electron chi connectivity index (χ0n) is 47.8. The average molecular weight is 991 g/mol. The Hall–Kier alpha value is -1.14. The number of hydrogen-bond acceptors (Lipinski definition) is 5. The van der Waals surface area contributed by atoms with E-state index in [4.69, 9.17) is 4.74 Å². The van der Waals surface area contributed by atoms with Crippen molar-refractivity contribution in [2.75, 3.05) is 13.2 Å². The van der Waals surface area contributed by atoms with E-state index in [1.165, 1.54) is 302 Å². The summed E-state index contributed by atoms with van der Waals surface area (Å²) in [6.07, 6.45) is 71.2. The summed E-state index contributed by atoms with van der Waals surface area (Å²) in [6, 6.07) is -0.540. The summed E-state index contributed by atoms with van der Waals surface area (Å²) < 4.78 is 5.50. The molecule has 0 aromatic rings. The molecule has 0 radical (unpaired) electrons. The number of ether oxygens (including phenoxy) is 1. The SMILES string of the molecule is CCCCCCCCCCCCCCCCCCCCC(=O)OCCCCCCCCCCCCCCCCCCCCCCCC(=O)NC(CO)C(O)CCCCCCCCCCCCCCCC. The summed E-state index contributed by atoms with van der Waals surface area (Å²) in [5.74, 6) is -0.0154. The summed E-state index contributed by atoms with van der Waals surface area (Å²) in [7, 11) is 0. The quantitative estimate of drug-likeness (QED) is 0.0417. The van der Waals surface area contributed by atoms with Crippen molar-refractivity contribution in [1.29, 1.82) is 0 Å². The summed E-state index contributed by atoms with van der Waals surface area (Å²) in [5.41, 5.74) is 0. The van der Waals surface area contributed by atoms with Gasteiger partial charge in [0.2, 0.25) is 5.91 Å². The Labute approximate surface area is 438 Å². The molecule has 0 spiro atoms. The van der Waals surface area contributed by atoms with E-state index in [0.29, 0.717) is 25.9 Å². The van der Waals surface area contributed by atoms with E-state index >= 15 is 0 Å². The molecule has 0 rings (SSSR count). The fourth-order valence-electron chi connectivity index (χ4n) is 10.5. The van der Waals surface area contributed by atoms with E-state index in [1.54, 1.807) is 0 Å². The van der Waals surface area contributed by atoms with E-state index in [1.807, 2.05) is 0 Å². The van der Waals surface area contributed by atoms with Gasteiger partial charge in [-0.15, -0.1) is 0 Å². The molecule has 6 nitrogen and oxygen atoms in total. The first kappa shape index (κ1) is 68.9. The predicted octanol–water partition coefficient (Wildman–Crippen LogP) is 20.3. The molecule has 70 heavy (non-hydrogen) atoms. The van der Waals surface area contributed by atoms with Crippen molar-refractivity contribution in [3.05, 3.63) is 0 Å². The monoisotopic (exact) mass is 990 g/mol. The minimum Gasteiger partial charge on any atom is -0.466 e. The molecular formula is C64H127NO5. The molecule has 0 fully saturated rings. The van der Waals surface area contributed by atoms with Crippen molar-refractivity contribution >= 4 is 11.9 Å². The van der Waals surface area contributed by atoms with Crippen molar-refractivity contribution < 1.29 is 24.5 Å². The van der Waals surface area contributed by atoms with Crippen LogP contribution in [0.5, 0.6) is 0 Å². The zero-order valence-corrected chi connectivity index (χ0v) is 47.8. The molecule has 2 atom stereocenters. The topological polar surface area (TPSA) is 95.9 Å². The molecular weight excluding hydrogens is 863 g/mol. The fraction of sp³-hybridized carbons (Fsp3) is 0.969. The van der Waals surface area contributed by atoms with Crippen molar-refractivity contribution in [2.24, 2.45) is 0 Å². The zero-order chi connectivity index (χ0) is 50.7. The molecule has 0 bridgehead atoms. The maximum atomic E-state index is 12.5. The summed E-state index contributed by atoms with van der Waals surface area (Å²) in [5, 5.41) is 23.3. The molecule has 6 heteroatoms. The largest absolute Gasteiger partial charge is 0.466 e. The van der Waals surface area contributed by atoms with Gasteiger partial charge in [-0.1, -0.05) is 335 Å². The lowest BCUT2D eigenvalue weighted by molar-refractivity contribution is -0.143. The van der Waals surface area contributed by atoms with Gasteiger partial charge in [0, 0.05) is 12.8 Å². The summed E-state index contributed by atoms with van der Waals surface area (Å²) in [6.45, 7) is 4.99. The average Bonchev–Trinajstić information content (AvgIpc) is 3.36. The number of carbonyl (C=O) groups excluding carboxylic acids is 2. The van der Waals surface area contributed by atoms with Crippen LogP contribution < -0.4 is 5.32 Å². The van der Waals surface area contributed by atoms with Crippen molar-refractivity contribution in [2.45, 2.75) is 386 Å². The van der Waals surface area contributed by atoms with E-state index in [2.05, 4.69) is 19.2 Å². The van der Waals surface area contributed by atoms with E-state index in [9.17, 15) is 19.8 Å². The van der Waals surface area contributed by atoms with Gasteiger partial charge in [0.1, 0.15) is 0 Å². The van der Waals surface area contributed by atoms with Gasteiger partial charge in [0.25, 0.3) is 0 Å². The third-order valence-corrected chi connectivity index (χ3v) is 15.4. The highest BCUT2D eigenvalue weighted by molar-refractivity contribution is 5.76. The molecule has 418 valence electrons. The van der Waals surface area contributed by atoms with Gasteiger partial charge in [0.05, 0.1) is 25.4 Å². The van der Waals surface area contributed by atoms with Crippen molar-refractivity contribution in [3.8, 4) is 0 Å². The van der Waals surface area contributed by atoms with Crippen LogP contribution in [0.15, 0.2) is 0 Å². The number of carbonyl (C=O) groups is 2. The minimum absolute atomic E-state index is 0.0176. The summed E-state index contributed by atoms with van der Waals surface area (Å²) >= 11 is 0. The lowest BCUT2D eigenvalue weighted by Crippen LogP contribution is -2.45. The Balaban J connectivity index is 3.34. The standard InChI is InChI=1S/C64H127NO5/c1-3-5-7-9-11-13-15-17-19-20-27-30-34-38-42-46-50-54-58-64(69)70-59-55-51-47-43-39-35-31-28-25-23-21-22-24-26-29-33-37-41-45-49-53-57-63(68)65-61(60-66)62(67)56-52-48-44-40-36-32-18-16-14-12-10-8-6-4-2/h61-62,66-67H,3-60H2,1-2H3,(H,65,68). The molecule has 0 aliphatic heterocycles. The third-order valence-electron chi connectivity index (χ3n) is 15.4. The van der Waals surface area contributed by atoms with E-state index in [-0.39, 0.29) is 18.5 Å². The van der Waals surface area contributed by atoms with Gasteiger partial charge in [-0.3, -0.25) is 9.59 Å². The number of nitrogens with one attached hydrogen (secondary N) is 1. The summed E-state index contributed by atoms with van der Waals surface area (Å²) in [4.78, 5) is 24.6. The smallest absolute Gasteiger partial charge is 0.305 e. The second-order valence-electron chi connectivity index (χ2n) is 22.5. The molecule has 0 aliphatic carbocycles. The van der Waals surface area contributed by atoms with Crippen LogP contribution in [0.25, 0.3) is 0 Å². The minimum atomic E-state index is -0.663. The van der Waals surface area contributed by atoms with Crippen molar-refractivity contribution in [1.82, 2.24) is 5.32 Å². The van der Waals surface area contributed by atoms with Crippen LogP contribution in [0, 0.1) is 0 Å². The number of hydrogen-bond donors (Lipinski definition) is 3. The van der Waals surface area contributed by atoms with Crippen LogP contribution in [0.2, 0.25) is 0 Å². The highest BCUT2D eigenvalue weighted by Gasteiger charge is 2.20. The first-order valence-electron chi connectivity index (χ1n) is 32.3. The van der Waals surface area contributed by atoms with Gasteiger partial charge in [-0.05, 0) is 25.7 Å². The van der Waals surface area contributed by atoms with Gasteiger partial charge >= 0.3 is 5.97 Å². The number of aliphatic hydroxyl groups is 2. The molecule has 0 saturated carbocycles. The van der Waals surface area contributed by atoms with Crippen LogP contribution in [0.3, 0.4) is 0 Å². The maximum Gasteiger partial charge on any atom is 0.305 e. The van der Waals surface area contributed by atoms with E-state index < -0.39 is 12.1 Å². The molecule has 3 N–H and O–H groups in total. The Bertz CT molecular complexity index is 1010. The Kier molecular flexibility index (Phi) is 59.4. The molecule has 2 unspecified atom stereocenters. The molecule has 0 aliphatic rings. The van der Waals surface area contributed by atoms with Crippen LogP contribution in [-0.4, -0.2) is 47.4 Å². The van der Waals surface area contributed by atoms with Gasteiger partial charge in [0.15, 0.2) is 0 Å². The fourth-order valence-corrected chi connectivity index (χ4v) is 10.5. The lowest BCUT2D eigenvalue weighted by Gasteiger charge is -2.22. The van der Waals surface area contributed by atoms with Crippen LogP contribution >= 0.6 is 0 Å². The Morgan fingerprint density at radius 3 is 0.871 bits per heavy atom. The Morgan fingerprint density at radius 2 is 0.586 bits per heavy atom. The molecule has 1 amide bonds. The van der Waals surface area contributed by atoms with E-state index in [0.717, 1.165) is 38.5 Å². The highest BCUT2D eigenvalue weighted by atomic mass is 16.5. The number of esters is 1. The number of unbranched alkanes of at least 4 members (excludes halogenated alkanes) is 50. The predicted molar refractivity (Wildman–Crippen MR) is 306 cm³/mol. The van der Waals surface area contributed by atoms with Crippen LogP contribution in [-0.2, 0) is 14.3 Å². The molecule has 0 aromatic carbocycles. The molecule has 0 heterocycles. The van der Waals surface area contributed by atoms with Crippen molar-refractivity contribution in [3.63, 3.8) is 0 Å². The van der Waals surface area contributed by atoms with Gasteiger partial charge in [-0.2, -0.15) is 0 Å². The molecule has 0 aromatic heterocycles. The highest BCUT2D eigenvalue weighted by Crippen LogP contribution is 2.19. The maximum absolute atomic E-state index is 12.5. The molecule has 0 saturated heterocycles. The van der Waals surface area contributed by atoms with Gasteiger partial charge < -0.3 is 20.3 Å². The second kappa shape index (κ2) is 60.4. The first-order valence-corrected chi connectivity index (χ1v) is 32.3. The Morgan fingerprint density at radius 1 is 0.343 bits per heavy atom. The second-order valence-corrected chi connectivity index (χ2v) is 22.5.